The average molecular weight is 504 g/mol. The Labute approximate surface area is 214 Å². The number of nitrogens with zero attached hydrogens (tertiary/aromatic N) is 2. The second-order valence-electron chi connectivity index (χ2n) is 8.23. The van der Waals surface area contributed by atoms with Crippen molar-refractivity contribution in [1.29, 1.82) is 0 Å². The molecule has 2 amide bonds. The Morgan fingerprint density at radius 3 is 2.39 bits per heavy atom. The Hall–Kier alpha value is -4.24. The van der Waals surface area contributed by atoms with Gasteiger partial charge in [0, 0.05) is 17.1 Å². The van der Waals surface area contributed by atoms with Gasteiger partial charge in [-0.05, 0) is 80.5 Å². The zero-order chi connectivity index (χ0) is 26.1. The molecule has 2 aromatic carbocycles. The Morgan fingerprint density at radius 1 is 1.00 bits per heavy atom. The van der Waals surface area contributed by atoms with Gasteiger partial charge in [-0.3, -0.25) is 14.9 Å². The fourth-order valence-electron chi connectivity index (χ4n) is 4.35. The van der Waals surface area contributed by atoms with E-state index < -0.39 is 17.8 Å². The molecule has 1 N–H and O–H groups in total. The number of carbonyl (C=O) groups excluding carboxylic acids is 3. The number of benzene rings is 2. The third-order valence-corrected chi connectivity index (χ3v) is 6.43. The summed E-state index contributed by atoms with van der Waals surface area (Å²) in [6, 6.07) is 14.2. The zero-order valence-electron chi connectivity index (χ0n) is 20.5. The Balaban J connectivity index is 1.80. The minimum atomic E-state index is -0.579. The average Bonchev–Trinajstić information content (AvgIpc) is 3.14. The van der Waals surface area contributed by atoms with Crippen LogP contribution < -0.4 is 15.0 Å². The summed E-state index contributed by atoms with van der Waals surface area (Å²) in [5.41, 5.74) is 4.73. The Kier molecular flexibility index (Phi) is 6.76. The van der Waals surface area contributed by atoms with Crippen LogP contribution in [0.4, 0.5) is 5.69 Å². The van der Waals surface area contributed by atoms with Crippen LogP contribution in [0.1, 0.15) is 32.9 Å². The third kappa shape index (κ3) is 4.18. The van der Waals surface area contributed by atoms with Gasteiger partial charge in [0.1, 0.15) is 11.3 Å². The molecule has 184 valence electrons. The van der Waals surface area contributed by atoms with Gasteiger partial charge in [-0.2, -0.15) is 0 Å². The van der Waals surface area contributed by atoms with E-state index in [9.17, 15) is 14.4 Å². The van der Waals surface area contributed by atoms with Crippen molar-refractivity contribution in [3.05, 3.63) is 82.2 Å². The maximum atomic E-state index is 13.5. The molecule has 1 saturated heterocycles. The van der Waals surface area contributed by atoms with Crippen LogP contribution in [0, 0.1) is 20.8 Å². The number of hydrogen-bond donors (Lipinski definition) is 1. The minimum absolute atomic E-state index is 0.0210. The standard InChI is InChI=1S/C27H25N3O5S/c1-15-13-18(17(3)29(15)21-11-8-9-19(16(21)2)26(33)35-5)14-20-24(31)28-27(36)30(25(20)32)22-10-6-7-12-23(22)34-4/h6-14H,1-5H3,(H,28,31,36)/b20-14+. The number of methoxy groups -OCH3 is 2. The van der Waals surface area contributed by atoms with Crippen molar-refractivity contribution < 1.29 is 23.9 Å². The van der Waals surface area contributed by atoms with Gasteiger partial charge in [0.05, 0.1) is 25.5 Å². The summed E-state index contributed by atoms with van der Waals surface area (Å²) in [7, 11) is 2.84. The fourth-order valence-corrected chi connectivity index (χ4v) is 4.62. The molecule has 0 bridgehead atoms. The minimum Gasteiger partial charge on any atom is -0.495 e. The van der Waals surface area contributed by atoms with Crippen molar-refractivity contribution in [3.63, 3.8) is 0 Å². The summed E-state index contributed by atoms with van der Waals surface area (Å²) in [5, 5.41) is 2.58. The van der Waals surface area contributed by atoms with Crippen LogP contribution in [0.2, 0.25) is 0 Å². The number of thiocarbonyl (C=S) groups is 1. The number of esters is 1. The molecule has 0 spiro atoms. The summed E-state index contributed by atoms with van der Waals surface area (Å²) < 4.78 is 12.3. The van der Waals surface area contributed by atoms with E-state index in [1.807, 2.05) is 37.5 Å². The quantitative estimate of drug-likeness (QED) is 0.245. The number of hydrogen-bond acceptors (Lipinski definition) is 6. The van der Waals surface area contributed by atoms with Crippen LogP contribution in [0.5, 0.6) is 5.75 Å². The second-order valence-corrected chi connectivity index (χ2v) is 8.62. The molecular formula is C27H25N3O5S. The van der Waals surface area contributed by atoms with Gasteiger partial charge < -0.3 is 14.0 Å². The molecule has 2 heterocycles. The monoisotopic (exact) mass is 503 g/mol. The van der Waals surface area contributed by atoms with E-state index >= 15 is 0 Å². The highest BCUT2D eigenvalue weighted by molar-refractivity contribution is 7.80. The van der Waals surface area contributed by atoms with Crippen molar-refractivity contribution >= 4 is 46.9 Å². The highest BCUT2D eigenvalue weighted by atomic mass is 32.1. The molecule has 9 heteroatoms. The Morgan fingerprint density at radius 2 is 1.69 bits per heavy atom. The van der Waals surface area contributed by atoms with E-state index in [1.165, 1.54) is 19.1 Å². The van der Waals surface area contributed by atoms with Crippen LogP contribution in [0.15, 0.2) is 54.1 Å². The van der Waals surface area contributed by atoms with Crippen molar-refractivity contribution in [2.24, 2.45) is 0 Å². The number of anilines is 1. The maximum Gasteiger partial charge on any atom is 0.338 e. The van der Waals surface area contributed by atoms with E-state index in [2.05, 4.69) is 5.32 Å². The van der Waals surface area contributed by atoms with Gasteiger partial charge in [0.25, 0.3) is 11.8 Å². The summed E-state index contributed by atoms with van der Waals surface area (Å²) in [4.78, 5) is 39.8. The molecule has 3 aromatic rings. The first-order chi connectivity index (χ1) is 17.2. The van der Waals surface area contributed by atoms with E-state index in [-0.39, 0.29) is 10.7 Å². The number of aryl methyl sites for hydroxylation is 1. The second kappa shape index (κ2) is 9.79. The molecule has 0 saturated carbocycles. The lowest BCUT2D eigenvalue weighted by molar-refractivity contribution is -0.122. The highest BCUT2D eigenvalue weighted by Gasteiger charge is 2.36. The summed E-state index contributed by atoms with van der Waals surface area (Å²) in [6.07, 6.45) is 1.56. The van der Waals surface area contributed by atoms with Gasteiger partial charge in [0.2, 0.25) is 0 Å². The molecule has 36 heavy (non-hydrogen) atoms. The van der Waals surface area contributed by atoms with Crippen molar-refractivity contribution in [2.75, 3.05) is 19.1 Å². The van der Waals surface area contributed by atoms with Gasteiger partial charge in [-0.1, -0.05) is 18.2 Å². The zero-order valence-corrected chi connectivity index (χ0v) is 21.4. The van der Waals surface area contributed by atoms with Gasteiger partial charge >= 0.3 is 5.97 Å². The smallest absolute Gasteiger partial charge is 0.338 e. The van der Waals surface area contributed by atoms with E-state index in [1.54, 1.807) is 42.5 Å². The van der Waals surface area contributed by atoms with Crippen LogP contribution in [-0.2, 0) is 14.3 Å². The summed E-state index contributed by atoms with van der Waals surface area (Å²) in [6.45, 7) is 5.65. The largest absolute Gasteiger partial charge is 0.495 e. The molecule has 0 atom stereocenters. The van der Waals surface area contributed by atoms with Crippen LogP contribution in [0.3, 0.4) is 0 Å². The Bertz CT molecular complexity index is 1450. The SMILES string of the molecule is COC(=O)c1cccc(-n2c(C)cc(/C=C3\C(=O)NC(=S)N(c4ccccc4OC)C3=O)c2C)c1C. The molecule has 0 aliphatic carbocycles. The lowest BCUT2D eigenvalue weighted by atomic mass is 10.1. The third-order valence-electron chi connectivity index (χ3n) is 6.15. The maximum absolute atomic E-state index is 13.5. The molecule has 0 unspecified atom stereocenters. The highest BCUT2D eigenvalue weighted by Crippen LogP contribution is 2.32. The van der Waals surface area contributed by atoms with Crippen molar-refractivity contribution in [1.82, 2.24) is 9.88 Å². The molecule has 0 radical (unpaired) electrons. The van der Waals surface area contributed by atoms with E-state index in [0.717, 1.165) is 22.6 Å². The number of rotatable bonds is 5. The predicted octanol–water partition coefficient (Wildman–Crippen LogP) is 4.03. The van der Waals surface area contributed by atoms with Crippen LogP contribution in [-0.4, -0.2) is 41.7 Å². The number of ether oxygens (including phenoxy) is 2. The van der Waals surface area contributed by atoms with Crippen LogP contribution in [0.25, 0.3) is 11.8 Å². The van der Waals surface area contributed by atoms with Gasteiger partial charge in [-0.25, -0.2) is 9.69 Å². The first-order valence-corrected chi connectivity index (χ1v) is 11.5. The number of amides is 2. The molecule has 1 aliphatic heterocycles. The molecular weight excluding hydrogens is 478 g/mol. The van der Waals surface area contributed by atoms with Crippen molar-refractivity contribution in [3.8, 4) is 11.4 Å². The molecule has 1 aromatic heterocycles. The lowest BCUT2D eigenvalue weighted by Crippen LogP contribution is -2.54. The topological polar surface area (TPSA) is 89.9 Å². The normalized spacial score (nSPS) is 14.8. The molecule has 1 fully saturated rings. The lowest BCUT2D eigenvalue weighted by Gasteiger charge is -2.29. The molecule has 4 rings (SSSR count). The van der Waals surface area contributed by atoms with Gasteiger partial charge in [-0.15, -0.1) is 0 Å². The van der Waals surface area contributed by atoms with E-state index in [4.69, 9.17) is 21.7 Å². The van der Waals surface area contributed by atoms with Crippen molar-refractivity contribution in [2.45, 2.75) is 20.8 Å². The number of aromatic nitrogens is 1. The summed E-state index contributed by atoms with van der Waals surface area (Å²) >= 11 is 5.31. The fraction of sp³-hybridized carbons (Fsp3) is 0.185. The molecule has 8 nitrogen and oxygen atoms in total. The first kappa shape index (κ1) is 24.9. The van der Waals surface area contributed by atoms with Gasteiger partial charge in [0.15, 0.2) is 5.11 Å². The predicted molar refractivity (Wildman–Crippen MR) is 141 cm³/mol. The number of para-hydroxylation sites is 2. The molecule has 1 aliphatic rings. The van der Waals surface area contributed by atoms with Crippen LogP contribution >= 0.6 is 12.2 Å². The number of nitrogens with one attached hydrogen (secondary N) is 1. The van der Waals surface area contributed by atoms with E-state index in [0.29, 0.717) is 22.6 Å². The number of carbonyl (C=O) groups is 3. The first-order valence-electron chi connectivity index (χ1n) is 11.1. The summed E-state index contributed by atoms with van der Waals surface area (Å²) in [5.74, 6) is -1.11.